The fourth-order valence-electron chi connectivity index (χ4n) is 4.17. The number of carbonyl (C=O) groups is 4. The molecular formula is C23H21NO7. The molecule has 1 aliphatic carbocycles. The molecule has 0 aromatic heterocycles. The van der Waals surface area contributed by atoms with Crippen molar-refractivity contribution < 1.29 is 33.8 Å². The summed E-state index contributed by atoms with van der Waals surface area (Å²) in [7, 11) is 0. The second kappa shape index (κ2) is 7.86. The molecule has 1 amide bonds. The Bertz CT molecular complexity index is 1020. The third-order valence-corrected chi connectivity index (χ3v) is 5.96. The van der Waals surface area contributed by atoms with Gasteiger partial charge in [0.2, 0.25) is 0 Å². The number of esters is 1. The van der Waals surface area contributed by atoms with Crippen molar-refractivity contribution in [2.75, 3.05) is 13.1 Å². The standard InChI is InChI=1S/C23H21NO7/c25-18-11-24(21(29)31-13-17-9-5-2-6-10-17)15-22(14-23(18,22)19(26)27)20(28)30-12-16-7-3-1-4-8-16/h1-10H,11-15H2,(H,26,27). The lowest BCUT2D eigenvalue weighted by Crippen LogP contribution is -2.54. The van der Waals surface area contributed by atoms with Crippen molar-refractivity contribution in [2.24, 2.45) is 10.8 Å². The molecule has 1 N–H and O–H groups in total. The fourth-order valence-corrected chi connectivity index (χ4v) is 4.17. The minimum absolute atomic E-state index is 0.000108. The third kappa shape index (κ3) is 3.54. The number of piperidine rings is 1. The number of Topliss-reactive ketones (excluding diaryl/α,β-unsaturated/α-hetero) is 1. The zero-order valence-corrected chi connectivity index (χ0v) is 16.7. The summed E-state index contributed by atoms with van der Waals surface area (Å²) in [6, 6.07) is 17.9. The normalized spacial score (nSPS) is 24.1. The molecule has 0 spiro atoms. The summed E-state index contributed by atoms with van der Waals surface area (Å²) in [5.41, 5.74) is -1.95. The monoisotopic (exact) mass is 423 g/mol. The number of rotatable bonds is 6. The highest BCUT2D eigenvalue weighted by Gasteiger charge is 2.83. The Labute approximate surface area is 178 Å². The number of likely N-dealkylation sites (tertiary alicyclic amines) is 1. The Kier molecular flexibility index (Phi) is 5.22. The summed E-state index contributed by atoms with van der Waals surface area (Å²) in [6.07, 6.45) is -0.970. The first kappa shape index (κ1) is 20.6. The van der Waals surface area contributed by atoms with Gasteiger partial charge in [0, 0.05) is 6.54 Å². The topological polar surface area (TPSA) is 110 Å². The number of ketones is 1. The molecule has 2 aromatic rings. The fraction of sp³-hybridized carbons (Fsp3) is 0.304. The molecule has 1 aliphatic heterocycles. The van der Waals surface area contributed by atoms with E-state index in [-0.39, 0.29) is 26.2 Å². The van der Waals surface area contributed by atoms with Gasteiger partial charge in [0.05, 0.1) is 6.54 Å². The van der Waals surface area contributed by atoms with Crippen LogP contribution >= 0.6 is 0 Å². The first-order valence-electron chi connectivity index (χ1n) is 9.82. The largest absolute Gasteiger partial charge is 0.480 e. The molecule has 1 saturated heterocycles. The summed E-state index contributed by atoms with van der Waals surface area (Å²) in [5.74, 6) is -2.86. The smallest absolute Gasteiger partial charge is 0.410 e. The highest BCUT2D eigenvalue weighted by Crippen LogP contribution is 2.67. The van der Waals surface area contributed by atoms with Gasteiger partial charge in [-0.25, -0.2) is 4.79 Å². The molecule has 4 rings (SSSR count). The van der Waals surface area contributed by atoms with Gasteiger partial charge in [0.25, 0.3) is 0 Å². The van der Waals surface area contributed by atoms with E-state index in [1.807, 2.05) is 12.1 Å². The summed E-state index contributed by atoms with van der Waals surface area (Å²) < 4.78 is 10.6. The zero-order chi connectivity index (χ0) is 22.1. The Morgan fingerprint density at radius 3 is 2.00 bits per heavy atom. The van der Waals surface area contributed by atoms with E-state index in [1.54, 1.807) is 48.5 Å². The van der Waals surface area contributed by atoms with Gasteiger partial charge in [-0.3, -0.25) is 19.3 Å². The molecule has 8 heteroatoms. The second-order valence-corrected chi connectivity index (χ2v) is 7.85. The van der Waals surface area contributed by atoms with Crippen LogP contribution in [0.15, 0.2) is 60.7 Å². The predicted molar refractivity (Wildman–Crippen MR) is 107 cm³/mol. The van der Waals surface area contributed by atoms with Crippen LogP contribution in [0.5, 0.6) is 0 Å². The molecule has 160 valence electrons. The van der Waals surface area contributed by atoms with E-state index in [0.29, 0.717) is 0 Å². The van der Waals surface area contributed by atoms with E-state index in [2.05, 4.69) is 0 Å². The number of aliphatic carboxylic acids is 1. The number of fused-ring (bicyclic) bond motifs is 1. The maximum Gasteiger partial charge on any atom is 0.410 e. The van der Waals surface area contributed by atoms with Crippen molar-refractivity contribution in [3.8, 4) is 0 Å². The molecule has 2 fully saturated rings. The third-order valence-electron chi connectivity index (χ3n) is 5.96. The van der Waals surface area contributed by atoms with Crippen LogP contribution in [0, 0.1) is 10.8 Å². The molecule has 1 saturated carbocycles. The summed E-state index contributed by atoms with van der Waals surface area (Å²) in [5, 5.41) is 9.72. The molecular weight excluding hydrogens is 402 g/mol. The maximum atomic E-state index is 12.9. The van der Waals surface area contributed by atoms with Crippen molar-refractivity contribution in [3.63, 3.8) is 0 Å². The number of hydrogen-bond acceptors (Lipinski definition) is 6. The van der Waals surface area contributed by atoms with Crippen molar-refractivity contribution in [1.29, 1.82) is 0 Å². The van der Waals surface area contributed by atoms with Crippen LogP contribution in [-0.2, 0) is 37.1 Å². The van der Waals surface area contributed by atoms with Crippen LogP contribution in [0.1, 0.15) is 17.5 Å². The molecule has 0 radical (unpaired) electrons. The lowest BCUT2D eigenvalue weighted by Gasteiger charge is -2.33. The molecule has 2 atom stereocenters. The number of ether oxygens (including phenoxy) is 2. The molecule has 1 heterocycles. The molecule has 31 heavy (non-hydrogen) atoms. The van der Waals surface area contributed by atoms with Crippen LogP contribution < -0.4 is 0 Å². The van der Waals surface area contributed by atoms with Crippen molar-refractivity contribution >= 4 is 23.8 Å². The Balaban J connectivity index is 1.48. The Morgan fingerprint density at radius 1 is 0.903 bits per heavy atom. The lowest BCUT2D eigenvalue weighted by molar-refractivity contribution is -0.165. The van der Waals surface area contributed by atoms with Gasteiger partial charge in [0.1, 0.15) is 24.0 Å². The molecule has 2 aliphatic rings. The second-order valence-electron chi connectivity index (χ2n) is 7.85. The van der Waals surface area contributed by atoms with E-state index in [9.17, 15) is 24.3 Å². The number of benzene rings is 2. The number of hydrogen-bond donors (Lipinski definition) is 1. The van der Waals surface area contributed by atoms with Gasteiger partial charge >= 0.3 is 18.0 Å². The lowest BCUT2D eigenvalue weighted by atomic mass is 9.84. The van der Waals surface area contributed by atoms with Gasteiger partial charge < -0.3 is 14.6 Å². The van der Waals surface area contributed by atoms with E-state index < -0.39 is 41.2 Å². The van der Waals surface area contributed by atoms with Gasteiger partial charge in [-0.05, 0) is 17.5 Å². The van der Waals surface area contributed by atoms with Crippen molar-refractivity contribution in [1.82, 2.24) is 4.90 Å². The first-order chi connectivity index (χ1) is 14.9. The highest BCUT2D eigenvalue weighted by atomic mass is 16.6. The van der Waals surface area contributed by atoms with Crippen molar-refractivity contribution in [2.45, 2.75) is 19.6 Å². The van der Waals surface area contributed by atoms with Crippen LogP contribution in [0.2, 0.25) is 0 Å². The van der Waals surface area contributed by atoms with E-state index in [4.69, 9.17) is 9.47 Å². The zero-order valence-electron chi connectivity index (χ0n) is 16.7. The summed E-state index contributed by atoms with van der Waals surface area (Å²) in [6.45, 7) is -0.719. The average Bonchev–Trinajstić information content (AvgIpc) is 3.50. The number of amides is 1. The minimum atomic E-state index is -1.85. The highest BCUT2D eigenvalue weighted by molar-refractivity contribution is 6.15. The van der Waals surface area contributed by atoms with E-state index in [0.717, 1.165) is 16.0 Å². The summed E-state index contributed by atoms with van der Waals surface area (Å²) >= 11 is 0. The van der Waals surface area contributed by atoms with Crippen LogP contribution in [-0.4, -0.2) is 46.9 Å². The number of carboxylic acid groups (broad SMARTS) is 1. The minimum Gasteiger partial charge on any atom is -0.480 e. The molecule has 8 nitrogen and oxygen atoms in total. The quantitative estimate of drug-likeness (QED) is 0.561. The average molecular weight is 423 g/mol. The predicted octanol–water partition coefficient (Wildman–Crippen LogP) is 2.41. The summed E-state index contributed by atoms with van der Waals surface area (Å²) in [4.78, 5) is 51.2. The Hall–Kier alpha value is -3.68. The number of nitrogens with zero attached hydrogens (tertiary/aromatic N) is 1. The van der Waals surface area contributed by atoms with Gasteiger partial charge in [0.15, 0.2) is 5.78 Å². The first-order valence-corrected chi connectivity index (χ1v) is 9.82. The molecule has 2 aromatic carbocycles. The molecule has 0 bridgehead atoms. The molecule has 2 unspecified atom stereocenters. The Morgan fingerprint density at radius 2 is 1.45 bits per heavy atom. The van der Waals surface area contributed by atoms with Gasteiger partial charge in [-0.1, -0.05) is 60.7 Å². The number of carbonyl (C=O) groups excluding carboxylic acids is 3. The SMILES string of the molecule is O=C(OCc1ccccc1)N1CC(=O)C2(C(=O)O)CC2(C(=O)OCc2ccccc2)C1. The number of carboxylic acids is 1. The van der Waals surface area contributed by atoms with Crippen molar-refractivity contribution in [3.05, 3.63) is 71.8 Å². The van der Waals surface area contributed by atoms with E-state index in [1.165, 1.54) is 0 Å². The van der Waals surface area contributed by atoms with Crippen LogP contribution in [0.25, 0.3) is 0 Å². The maximum absolute atomic E-state index is 12.9. The van der Waals surface area contributed by atoms with Gasteiger partial charge in [-0.2, -0.15) is 0 Å². The van der Waals surface area contributed by atoms with Crippen LogP contribution in [0.3, 0.4) is 0 Å². The van der Waals surface area contributed by atoms with Crippen LogP contribution in [0.4, 0.5) is 4.79 Å². The van der Waals surface area contributed by atoms with E-state index >= 15 is 0 Å². The van der Waals surface area contributed by atoms with Gasteiger partial charge in [-0.15, -0.1) is 0 Å².